The third-order valence-corrected chi connectivity index (χ3v) is 3.74. The Morgan fingerprint density at radius 2 is 2.00 bits per heavy atom. The van der Waals surface area contributed by atoms with E-state index in [9.17, 15) is 4.79 Å². The lowest BCUT2D eigenvalue weighted by Crippen LogP contribution is -2.23. The molecule has 0 bridgehead atoms. The molecule has 7 nitrogen and oxygen atoms in total. The first-order chi connectivity index (χ1) is 12.8. The molecular formula is C19H20N4O3. The second-order valence-corrected chi connectivity index (χ2v) is 5.57. The lowest BCUT2D eigenvalue weighted by atomic mass is 10.1. The van der Waals surface area contributed by atoms with Crippen molar-refractivity contribution in [3.63, 3.8) is 0 Å². The van der Waals surface area contributed by atoms with Gasteiger partial charge in [-0.05, 0) is 37.1 Å². The van der Waals surface area contributed by atoms with Gasteiger partial charge in [0.25, 0.3) is 0 Å². The monoisotopic (exact) mass is 352 g/mol. The third kappa shape index (κ3) is 4.66. The Kier molecular flexibility index (Phi) is 5.92. The van der Waals surface area contributed by atoms with Crippen molar-refractivity contribution in [3.05, 3.63) is 60.2 Å². The van der Waals surface area contributed by atoms with Crippen LogP contribution in [0.25, 0.3) is 11.4 Å². The summed E-state index contributed by atoms with van der Waals surface area (Å²) in [6, 6.07) is 11.3. The van der Waals surface area contributed by atoms with Gasteiger partial charge in [0.1, 0.15) is 5.75 Å². The van der Waals surface area contributed by atoms with Crippen molar-refractivity contribution < 1.29 is 14.1 Å². The van der Waals surface area contributed by atoms with Crippen LogP contribution in [0.4, 0.5) is 0 Å². The van der Waals surface area contributed by atoms with Gasteiger partial charge in [-0.1, -0.05) is 23.4 Å². The molecule has 0 fully saturated rings. The van der Waals surface area contributed by atoms with E-state index < -0.39 is 0 Å². The van der Waals surface area contributed by atoms with Crippen molar-refractivity contribution >= 4 is 5.91 Å². The number of rotatable bonds is 8. The molecule has 3 rings (SSSR count). The first-order valence-electron chi connectivity index (χ1n) is 8.46. The molecule has 2 aromatic heterocycles. The molecule has 0 aliphatic heterocycles. The fourth-order valence-corrected chi connectivity index (χ4v) is 2.46. The highest BCUT2D eigenvalue weighted by atomic mass is 16.5. The zero-order chi connectivity index (χ0) is 18.2. The van der Waals surface area contributed by atoms with Gasteiger partial charge in [-0.2, -0.15) is 4.98 Å². The van der Waals surface area contributed by atoms with Crippen LogP contribution in [0.15, 0.2) is 53.3 Å². The minimum absolute atomic E-state index is 0.0834. The highest BCUT2D eigenvalue weighted by Gasteiger charge is 2.11. The number of carbonyl (C=O) groups excluding carboxylic acids is 1. The number of aromatic nitrogens is 3. The van der Waals surface area contributed by atoms with Gasteiger partial charge >= 0.3 is 0 Å². The number of hydrogen-bond acceptors (Lipinski definition) is 6. The molecule has 0 saturated carbocycles. The number of carbonyl (C=O) groups is 1. The number of amides is 1. The maximum absolute atomic E-state index is 12.1. The molecule has 2 heterocycles. The van der Waals surface area contributed by atoms with E-state index >= 15 is 0 Å². The molecule has 1 aromatic carbocycles. The van der Waals surface area contributed by atoms with Crippen LogP contribution >= 0.6 is 0 Å². The summed E-state index contributed by atoms with van der Waals surface area (Å²) in [5, 5.41) is 6.71. The van der Waals surface area contributed by atoms with Crippen LogP contribution in [0.2, 0.25) is 0 Å². The summed E-state index contributed by atoms with van der Waals surface area (Å²) in [6.07, 6.45) is 4.28. The predicted octanol–water partition coefficient (Wildman–Crippen LogP) is 2.78. The van der Waals surface area contributed by atoms with E-state index in [0.29, 0.717) is 31.2 Å². The molecule has 0 radical (unpaired) electrons. The normalized spacial score (nSPS) is 10.5. The number of para-hydroxylation sites is 1. The first kappa shape index (κ1) is 17.6. The van der Waals surface area contributed by atoms with Gasteiger partial charge in [-0.25, -0.2) is 0 Å². The molecule has 134 valence electrons. The van der Waals surface area contributed by atoms with Crippen molar-refractivity contribution in [3.8, 4) is 17.1 Å². The van der Waals surface area contributed by atoms with Gasteiger partial charge < -0.3 is 14.6 Å². The van der Waals surface area contributed by atoms with E-state index in [4.69, 9.17) is 9.26 Å². The van der Waals surface area contributed by atoms with E-state index in [1.54, 1.807) is 24.5 Å². The lowest BCUT2D eigenvalue weighted by molar-refractivity contribution is -0.121. The lowest BCUT2D eigenvalue weighted by Gasteiger charge is -2.09. The topological polar surface area (TPSA) is 90.1 Å². The van der Waals surface area contributed by atoms with E-state index in [-0.39, 0.29) is 12.5 Å². The fourth-order valence-electron chi connectivity index (χ4n) is 2.46. The molecule has 0 atom stereocenters. The van der Waals surface area contributed by atoms with Crippen molar-refractivity contribution in [2.45, 2.75) is 26.3 Å². The molecule has 0 spiro atoms. The van der Waals surface area contributed by atoms with Crippen LogP contribution in [0.1, 0.15) is 24.8 Å². The second-order valence-electron chi connectivity index (χ2n) is 5.57. The third-order valence-electron chi connectivity index (χ3n) is 3.74. The number of pyridine rings is 1. The Labute approximate surface area is 151 Å². The van der Waals surface area contributed by atoms with Gasteiger partial charge in [0.15, 0.2) is 0 Å². The highest BCUT2D eigenvalue weighted by molar-refractivity contribution is 5.76. The molecular weight excluding hydrogens is 332 g/mol. The summed E-state index contributed by atoms with van der Waals surface area (Å²) in [5.41, 5.74) is 1.83. The van der Waals surface area contributed by atoms with Gasteiger partial charge in [-0.3, -0.25) is 9.78 Å². The molecule has 0 aliphatic rings. The maximum Gasteiger partial charge on any atom is 0.246 e. The fraction of sp³-hybridized carbons (Fsp3) is 0.263. The summed E-state index contributed by atoms with van der Waals surface area (Å²) in [4.78, 5) is 20.3. The molecule has 7 heteroatoms. The summed E-state index contributed by atoms with van der Waals surface area (Å²) in [7, 11) is 0. The standard InChI is InChI=1S/C19H20N4O3/c1-2-25-16-6-4-3-5-14(16)7-8-17(24)21-13-18-22-19(23-26-18)15-9-11-20-12-10-15/h3-6,9-12H,2,7-8,13H2,1H3,(H,21,24). The summed E-state index contributed by atoms with van der Waals surface area (Å²) in [6.45, 7) is 2.73. The van der Waals surface area contributed by atoms with E-state index in [2.05, 4.69) is 20.4 Å². The summed E-state index contributed by atoms with van der Waals surface area (Å²) >= 11 is 0. The van der Waals surface area contributed by atoms with Crippen LogP contribution in [0.3, 0.4) is 0 Å². The number of benzene rings is 1. The zero-order valence-corrected chi connectivity index (χ0v) is 14.5. The molecule has 0 saturated heterocycles. The van der Waals surface area contributed by atoms with E-state index in [1.165, 1.54) is 0 Å². The summed E-state index contributed by atoms with van der Waals surface area (Å²) in [5.74, 6) is 1.57. The Balaban J connectivity index is 1.50. The van der Waals surface area contributed by atoms with Gasteiger partial charge in [0.2, 0.25) is 17.6 Å². The van der Waals surface area contributed by atoms with Gasteiger partial charge in [0, 0.05) is 24.4 Å². The predicted molar refractivity (Wildman–Crippen MR) is 95.3 cm³/mol. The molecule has 1 amide bonds. The van der Waals surface area contributed by atoms with Crippen molar-refractivity contribution in [1.29, 1.82) is 0 Å². The van der Waals surface area contributed by atoms with E-state index in [0.717, 1.165) is 16.9 Å². The molecule has 26 heavy (non-hydrogen) atoms. The maximum atomic E-state index is 12.1. The highest BCUT2D eigenvalue weighted by Crippen LogP contribution is 2.19. The van der Waals surface area contributed by atoms with Crippen molar-refractivity contribution in [1.82, 2.24) is 20.4 Å². The Hall–Kier alpha value is -3.22. The van der Waals surface area contributed by atoms with Gasteiger partial charge in [-0.15, -0.1) is 0 Å². The average Bonchev–Trinajstić information content (AvgIpc) is 3.16. The average molecular weight is 352 g/mol. The zero-order valence-electron chi connectivity index (χ0n) is 14.5. The SMILES string of the molecule is CCOc1ccccc1CCC(=O)NCc1nc(-c2ccncc2)no1. The number of ether oxygens (including phenoxy) is 1. The number of hydrogen-bond donors (Lipinski definition) is 1. The summed E-state index contributed by atoms with van der Waals surface area (Å²) < 4.78 is 10.7. The van der Waals surface area contributed by atoms with E-state index in [1.807, 2.05) is 31.2 Å². The minimum atomic E-state index is -0.0834. The van der Waals surface area contributed by atoms with Crippen LogP contribution in [-0.4, -0.2) is 27.6 Å². The molecule has 0 aliphatic carbocycles. The van der Waals surface area contributed by atoms with Crippen LogP contribution in [0, 0.1) is 0 Å². The van der Waals surface area contributed by atoms with Crippen LogP contribution in [-0.2, 0) is 17.8 Å². The number of aryl methyl sites for hydroxylation is 1. The molecule has 1 N–H and O–H groups in total. The molecule has 0 unspecified atom stereocenters. The largest absolute Gasteiger partial charge is 0.494 e. The Bertz CT molecular complexity index is 849. The van der Waals surface area contributed by atoms with Crippen molar-refractivity contribution in [2.24, 2.45) is 0 Å². The van der Waals surface area contributed by atoms with Crippen LogP contribution in [0.5, 0.6) is 5.75 Å². The molecule has 3 aromatic rings. The smallest absolute Gasteiger partial charge is 0.246 e. The van der Waals surface area contributed by atoms with Crippen LogP contribution < -0.4 is 10.1 Å². The second kappa shape index (κ2) is 8.75. The van der Waals surface area contributed by atoms with Gasteiger partial charge in [0.05, 0.1) is 13.2 Å². The number of nitrogens with zero attached hydrogens (tertiary/aromatic N) is 3. The Morgan fingerprint density at radius 1 is 1.19 bits per heavy atom. The quantitative estimate of drug-likeness (QED) is 0.670. The first-order valence-corrected chi connectivity index (χ1v) is 8.46. The Morgan fingerprint density at radius 3 is 2.81 bits per heavy atom. The minimum Gasteiger partial charge on any atom is -0.494 e. The van der Waals surface area contributed by atoms with Crippen molar-refractivity contribution in [2.75, 3.05) is 6.61 Å². The number of nitrogens with one attached hydrogen (secondary N) is 1.